The van der Waals surface area contributed by atoms with Crippen LogP contribution in [-0.4, -0.2) is 43.7 Å². The van der Waals surface area contributed by atoms with Gasteiger partial charge in [0.1, 0.15) is 6.04 Å². The average molecular weight is 470 g/mol. The molecule has 0 unspecified atom stereocenters. The van der Waals surface area contributed by atoms with Crippen LogP contribution < -0.4 is 10.6 Å². The molecule has 2 N–H and O–H groups in total. The number of aryl methyl sites for hydroxylation is 3. The number of rotatable bonds is 6. The van der Waals surface area contributed by atoms with Gasteiger partial charge in [-0.05, 0) is 61.4 Å². The monoisotopic (exact) mass is 469 g/mol. The third-order valence-corrected chi connectivity index (χ3v) is 8.48. The number of piperazine rings is 1. The topological polar surface area (TPSA) is 95.6 Å². The van der Waals surface area contributed by atoms with Gasteiger partial charge in [0.05, 0.1) is 17.4 Å². The van der Waals surface area contributed by atoms with E-state index in [1.165, 1.54) is 27.6 Å². The summed E-state index contributed by atoms with van der Waals surface area (Å²) >= 11 is 0. The maximum absolute atomic E-state index is 13.3. The quantitative estimate of drug-likeness (QED) is 0.680. The molecule has 1 aliphatic heterocycles. The minimum absolute atomic E-state index is 0.124. The summed E-state index contributed by atoms with van der Waals surface area (Å²) in [6.07, 6.45) is 3.54. The van der Waals surface area contributed by atoms with Crippen LogP contribution in [0, 0.1) is 6.92 Å². The van der Waals surface area contributed by atoms with Crippen LogP contribution in [-0.2, 0) is 32.5 Å². The van der Waals surface area contributed by atoms with Gasteiger partial charge in [-0.1, -0.05) is 42.8 Å². The van der Waals surface area contributed by atoms with Crippen LogP contribution in [0.25, 0.3) is 0 Å². The van der Waals surface area contributed by atoms with E-state index >= 15 is 0 Å². The minimum atomic E-state index is -3.90. The van der Waals surface area contributed by atoms with Crippen LogP contribution in [0.5, 0.6) is 0 Å². The highest BCUT2D eigenvalue weighted by atomic mass is 32.2. The van der Waals surface area contributed by atoms with Gasteiger partial charge in [0, 0.05) is 13.1 Å². The Bertz CT molecular complexity index is 1140. The lowest BCUT2D eigenvalue weighted by Crippen LogP contribution is -2.58. The summed E-state index contributed by atoms with van der Waals surface area (Å²) in [4.78, 5) is 25.8. The second-order valence-corrected chi connectivity index (χ2v) is 10.7. The molecule has 1 fully saturated rings. The lowest BCUT2D eigenvalue weighted by molar-refractivity contribution is -0.132. The molecule has 0 aromatic heterocycles. The van der Waals surface area contributed by atoms with E-state index in [1.54, 1.807) is 12.1 Å². The number of carbonyl (C=O) groups excluding carboxylic acids is 2. The van der Waals surface area contributed by atoms with Crippen LogP contribution in [0.15, 0.2) is 47.4 Å². The Balaban J connectivity index is 1.51. The van der Waals surface area contributed by atoms with Crippen LogP contribution in [0.4, 0.5) is 0 Å². The number of benzene rings is 2. The molecule has 1 aliphatic carbocycles. The Morgan fingerprint density at radius 3 is 2.67 bits per heavy atom. The van der Waals surface area contributed by atoms with E-state index in [0.717, 1.165) is 36.8 Å². The molecule has 1 saturated heterocycles. The summed E-state index contributed by atoms with van der Waals surface area (Å²) in [5, 5.41) is 5.77. The van der Waals surface area contributed by atoms with Gasteiger partial charge in [-0.15, -0.1) is 0 Å². The van der Waals surface area contributed by atoms with E-state index in [4.69, 9.17) is 0 Å². The van der Waals surface area contributed by atoms with Crippen molar-refractivity contribution < 1.29 is 18.0 Å². The molecule has 2 aromatic carbocycles. The van der Waals surface area contributed by atoms with E-state index in [9.17, 15) is 18.0 Å². The van der Waals surface area contributed by atoms with Gasteiger partial charge in [-0.3, -0.25) is 9.59 Å². The van der Waals surface area contributed by atoms with Gasteiger partial charge in [-0.25, -0.2) is 8.42 Å². The van der Waals surface area contributed by atoms with Crippen molar-refractivity contribution in [2.45, 2.75) is 62.9 Å². The highest BCUT2D eigenvalue weighted by Crippen LogP contribution is 2.31. The zero-order chi connectivity index (χ0) is 23.6. The van der Waals surface area contributed by atoms with E-state index in [0.29, 0.717) is 0 Å². The number of hydrogen-bond donors (Lipinski definition) is 2. The Morgan fingerprint density at radius 1 is 1.18 bits per heavy atom. The second kappa shape index (κ2) is 9.65. The van der Waals surface area contributed by atoms with Gasteiger partial charge in [0.2, 0.25) is 21.8 Å². The van der Waals surface area contributed by atoms with Crippen molar-refractivity contribution in [1.29, 1.82) is 0 Å². The summed E-state index contributed by atoms with van der Waals surface area (Å²) in [5.74, 6) is -0.762. The number of amides is 2. The average Bonchev–Trinajstić information content (AvgIpc) is 2.80. The first-order chi connectivity index (χ1) is 15.8. The SMILES string of the molecule is CCc1ccc2c(c1)CCC[C@H]2NC(=O)C[C@@H]1C(=O)NCCN1S(=O)(=O)c1ccc(C)cc1. The molecule has 0 spiro atoms. The predicted molar refractivity (Wildman–Crippen MR) is 126 cm³/mol. The fourth-order valence-electron chi connectivity index (χ4n) is 4.69. The molecule has 176 valence electrons. The van der Waals surface area contributed by atoms with Gasteiger partial charge in [-0.2, -0.15) is 4.31 Å². The van der Waals surface area contributed by atoms with Gasteiger partial charge < -0.3 is 10.6 Å². The summed E-state index contributed by atoms with van der Waals surface area (Å²) in [7, 11) is -3.90. The van der Waals surface area contributed by atoms with Crippen molar-refractivity contribution in [2.75, 3.05) is 13.1 Å². The number of carbonyl (C=O) groups is 2. The van der Waals surface area contributed by atoms with Crippen molar-refractivity contribution in [3.8, 4) is 0 Å². The van der Waals surface area contributed by atoms with Crippen molar-refractivity contribution in [3.05, 3.63) is 64.7 Å². The van der Waals surface area contributed by atoms with E-state index in [1.807, 2.05) is 6.92 Å². The Kier molecular flexibility index (Phi) is 6.86. The summed E-state index contributed by atoms with van der Waals surface area (Å²) < 4.78 is 27.7. The Labute approximate surface area is 195 Å². The normalized spacial score (nSPS) is 21.2. The number of fused-ring (bicyclic) bond motifs is 1. The molecule has 0 bridgehead atoms. The Morgan fingerprint density at radius 2 is 1.94 bits per heavy atom. The zero-order valence-corrected chi connectivity index (χ0v) is 20.0. The fourth-order valence-corrected chi connectivity index (χ4v) is 6.28. The predicted octanol–water partition coefficient (Wildman–Crippen LogP) is 2.63. The summed E-state index contributed by atoms with van der Waals surface area (Å²) in [6.45, 7) is 4.35. The maximum atomic E-state index is 13.3. The first-order valence-corrected chi connectivity index (χ1v) is 13.0. The molecule has 2 atom stereocenters. The third-order valence-electron chi connectivity index (χ3n) is 6.55. The summed E-state index contributed by atoms with van der Waals surface area (Å²) in [5.41, 5.74) is 4.59. The second-order valence-electron chi connectivity index (χ2n) is 8.84. The molecule has 2 amide bonds. The number of nitrogens with zero attached hydrogens (tertiary/aromatic N) is 1. The molecule has 8 heteroatoms. The van der Waals surface area contributed by atoms with Gasteiger partial charge in [0.25, 0.3) is 0 Å². The van der Waals surface area contributed by atoms with E-state index < -0.39 is 22.0 Å². The van der Waals surface area contributed by atoms with Crippen molar-refractivity contribution in [2.24, 2.45) is 0 Å². The highest BCUT2D eigenvalue weighted by molar-refractivity contribution is 7.89. The molecule has 0 saturated carbocycles. The highest BCUT2D eigenvalue weighted by Gasteiger charge is 2.40. The van der Waals surface area contributed by atoms with Crippen LogP contribution in [0.1, 0.15) is 54.5 Å². The fraction of sp³-hybridized carbons (Fsp3) is 0.440. The van der Waals surface area contributed by atoms with E-state index in [-0.39, 0.29) is 36.4 Å². The smallest absolute Gasteiger partial charge is 0.243 e. The lowest BCUT2D eigenvalue weighted by atomic mass is 9.86. The van der Waals surface area contributed by atoms with Crippen LogP contribution in [0.2, 0.25) is 0 Å². The van der Waals surface area contributed by atoms with Crippen LogP contribution in [0.3, 0.4) is 0 Å². The molecule has 1 heterocycles. The van der Waals surface area contributed by atoms with Gasteiger partial charge in [0.15, 0.2) is 0 Å². The molecular formula is C25H31N3O4S. The van der Waals surface area contributed by atoms with Crippen molar-refractivity contribution in [1.82, 2.24) is 14.9 Å². The largest absolute Gasteiger partial charge is 0.353 e. The zero-order valence-electron chi connectivity index (χ0n) is 19.1. The number of hydrogen-bond acceptors (Lipinski definition) is 4. The molecule has 33 heavy (non-hydrogen) atoms. The lowest BCUT2D eigenvalue weighted by Gasteiger charge is -2.34. The molecule has 4 rings (SSSR count). The molecule has 2 aliphatic rings. The molecule has 7 nitrogen and oxygen atoms in total. The first-order valence-electron chi connectivity index (χ1n) is 11.6. The first kappa shape index (κ1) is 23.4. The van der Waals surface area contributed by atoms with Crippen molar-refractivity contribution >= 4 is 21.8 Å². The molecular weight excluding hydrogens is 438 g/mol. The third kappa shape index (κ3) is 4.96. The van der Waals surface area contributed by atoms with Gasteiger partial charge >= 0.3 is 0 Å². The number of nitrogens with one attached hydrogen (secondary N) is 2. The molecule has 2 aromatic rings. The van der Waals surface area contributed by atoms with E-state index in [2.05, 4.69) is 35.8 Å². The van der Waals surface area contributed by atoms with Crippen LogP contribution >= 0.6 is 0 Å². The molecule has 0 radical (unpaired) electrons. The standard InChI is InChI=1S/C25H31N3O4S/c1-3-18-9-12-21-19(15-18)5-4-6-22(21)27-24(29)16-23-25(30)26-13-14-28(23)33(31,32)20-10-7-17(2)8-11-20/h7-12,15,22-23H,3-6,13-14,16H2,1-2H3,(H,26,30)(H,27,29)/t22-,23-/m1/s1. The maximum Gasteiger partial charge on any atom is 0.243 e. The minimum Gasteiger partial charge on any atom is -0.353 e. The van der Waals surface area contributed by atoms with Crippen molar-refractivity contribution in [3.63, 3.8) is 0 Å². The summed E-state index contributed by atoms with van der Waals surface area (Å²) in [6, 6.07) is 11.7. The number of sulfonamides is 1. The Hall–Kier alpha value is -2.71.